The Morgan fingerprint density at radius 1 is 1.39 bits per heavy atom. The third-order valence-corrected chi connectivity index (χ3v) is 2.60. The molecule has 0 saturated heterocycles. The molecule has 0 atom stereocenters. The first-order valence-corrected chi connectivity index (χ1v) is 5.60. The largest absolute Gasteiger partial charge is 0.348 e. The van der Waals surface area contributed by atoms with Crippen molar-refractivity contribution in [3.05, 3.63) is 63.3 Å². The summed E-state index contributed by atoms with van der Waals surface area (Å²) in [4.78, 5) is 29.1. The SMILES string of the molecule is O=C(NCc1ccncc1)c1c[nH]c(=O)c(Cl)c1. The molecule has 6 heteroatoms. The minimum Gasteiger partial charge on any atom is -0.348 e. The molecule has 0 aliphatic rings. The molecule has 0 saturated carbocycles. The van der Waals surface area contributed by atoms with E-state index < -0.39 is 5.56 Å². The number of amides is 1. The second-order valence-electron chi connectivity index (χ2n) is 3.60. The Morgan fingerprint density at radius 2 is 2.11 bits per heavy atom. The number of carbonyl (C=O) groups excluding carboxylic acids is 1. The van der Waals surface area contributed by atoms with Gasteiger partial charge in [-0.15, -0.1) is 0 Å². The molecule has 0 aliphatic heterocycles. The fraction of sp³-hybridized carbons (Fsp3) is 0.0833. The lowest BCUT2D eigenvalue weighted by atomic mass is 10.2. The smallest absolute Gasteiger partial charge is 0.266 e. The molecule has 2 N–H and O–H groups in total. The van der Waals surface area contributed by atoms with E-state index >= 15 is 0 Å². The summed E-state index contributed by atoms with van der Waals surface area (Å²) < 4.78 is 0. The highest BCUT2D eigenvalue weighted by atomic mass is 35.5. The Morgan fingerprint density at radius 3 is 2.78 bits per heavy atom. The first-order valence-electron chi connectivity index (χ1n) is 5.22. The van der Waals surface area contributed by atoms with Crippen LogP contribution >= 0.6 is 11.6 Å². The first kappa shape index (κ1) is 12.3. The Hall–Kier alpha value is -2.14. The van der Waals surface area contributed by atoms with Crippen molar-refractivity contribution in [1.82, 2.24) is 15.3 Å². The Kier molecular flexibility index (Phi) is 3.74. The van der Waals surface area contributed by atoms with Gasteiger partial charge in [0.25, 0.3) is 11.5 Å². The highest BCUT2D eigenvalue weighted by Gasteiger charge is 2.07. The van der Waals surface area contributed by atoms with Crippen molar-refractivity contribution in [3.8, 4) is 0 Å². The van der Waals surface area contributed by atoms with E-state index in [9.17, 15) is 9.59 Å². The maximum absolute atomic E-state index is 11.8. The number of aromatic nitrogens is 2. The van der Waals surface area contributed by atoms with Crippen molar-refractivity contribution in [2.75, 3.05) is 0 Å². The van der Waals surface area contributed by atoms with Gasteiger partial charge in [-0.05, 0) is 23.8 Å². The molecule has 0 bridgehead atoms. The number of hydrogen-bond acceptors (Lipinski definition) is 3. The zero-order valence-electron chi connectivity index (χ0n) is 9.31. The molecule has 92 valence electrons. The fourth-order valence-electron chi connectivity index (χ4n) is 1.37. The van der Waals surface area contributed by atoms with Crippen molar-refractivity contribution in [2.24, 2.45) is 0 Å². The third kappa shape index (κ3) is 2.95. The van der Waals surface area contributed by atoms with Crippen LogP contribution in [0.3, 0.4) is 0 Å². The Labute approximate surface area is 108 Å². The number of nitrogens with one attached hydrogen (secondary N) is 2. The van der Waals surface area contributed by atoms with Gasteiger partial charge in [-0.1, -0.05) is 11.6 Å². The zero-order chi connectivity index (χ0) is 13.0. The molecule has 2 aromatic heterocycles. The minimum atomic E-state index is -0.414. The lowest BCUT2D eigenvalue weighted by Gasteiger charge is -2.05. The maximum Gasteiger partial charge on any atom is 0.266 e. The molecular formula is C12H10ClN3O2. The van der Waals surface area contributed by atoms with Crippen LogP contribution < -0.4 is 10.9 Å². The molecule has 1 amide bonds. The molecule has 0 spiro atoms. The van der Waals surface area contributed by atoms with E-state index in [0.717, 1.165) is 5.56 Å². The number of hydrogen-bond donors (Lipinski definition) is 2. The molecule has 2 aromatic rings. The van der Waals surface area contributed by atoms with Crippen LogP contribution in [0, 0.1) is 0 Å². The lowest BCUT2D eigenvalue weighted by Crippen LogP contribution is -2.24. The normalized spacial score (nSPS) is 10.1. The summed E-state index contributed by atoms with van der Waals surface area (Å²) in [5, 5.41) is 2.71. The standard InChI is InChI=1S/C12H10ClN3O2/c13-10-5-9(7-16-12(10)18)11(17)15-6-8-1-3-14-4-2-8/h1-5,7H,6H2,(H,15,17)(H,16,18). The van der Waals surface area contributed by atoms with Crippen LogP contribution in [-0.2, 0) is 6.54 Å². The zero-order valence-corrected chi connectivity index (χ0v) is 10.1. The summed E-state index contributed by atoms with van der Waals surface area (Å²) in [5.41, 5.74) is 0.838. The van der Waals surface area contributed by atoms with Crippen molar-refractivity contribution >= 4 is 17.5 Å². The average Bonchev–Trinajstić information content (AvgIpc) is 2.40. The molecular weight excluding hydrogens is 254 g/mol. The second kappa shape index (κ2) is 5.46. The van der Waals surface area contributed by atoms with E-state index in [-0.39, 0.29) is 10.9 Å². The van der Waals surface area contributed by atoms with Crippen molar-refractivity contribution in [3.63, 3.8) is 0 Å². The fourth-order valence-corrected chi connectivity index (χ4v) is 1.54. The lowest BCUT2D eigenvalue weighted by molar-refractivity contribution is 0.0950. The van der Waals surface area contributed by atoms with Gasteiger partial charge in [0.1, 0.15) is 5.02 Å². The minimum absolute atomic E-state index is 0.00781. The summed E-state index contributed by atoms with van der Waals surface area (Å²) in [6, 6.07) is 4.95. The molecule has 2 rings (SSSR count). The van der Waals surface area contributed by atoms with Crippen molar-refractivity contribution in [2.45, 2.75) is 6.54 Å². The highest BCUT2D eigenvalue weighted by molar-refractivity contribution is 6.30. The van der Waals surface area contributed by atoms with Gasteiger partial charge in [0.2, 0.25) is 0 Å². The van der Waals surface area contributed by atoms with E-state index in [2.05, 4.69) is 15.3 Å². The molecule has 2 heterocycles. The summed E-state index contributed by atoms with van der Waals surface area (Å²) in [6.07, 6.45) is 4.63. The number of nitrogens with zero attached hydrogens (tertiary/aromatic N) is 1. The number of pyridine rings is 2. The van der Waals surface area contributed by atoms with Crippen LogP contribution in [-0.4, -0.2) is 15.9 Å². The van der Waals surface area contributed by atoms with Crippen LogP contribution in [0.1, 0.15) is 15.9 Å². The number of rotatable bonds is 3. The van der Waals surface area contributed by atoms with E-state index in [1.54, 1.807) is 24.5 Å². The summed E-state index contributed by atoms with van der Waals surface area (Å²) in [7, 11) is 0. The van der Waals surface area contributed by atoms with Crippen LogP contribution in [0.5, 0.6) is 0 Å². The Bertz CT molecular complexity index is 610. The van der Waals surface area contributed by atoms with E-state index in [4.69, 9.17) is 11.6 Å². The number of halogens is 1. The van der Waals surface area contributed by atoms with Gasteiger partial charge in [-0.3, -0.25) is 14.6 Å². The topological polar surface area (TPSA) is 74.8 Å². The molecule has 0 aromatic carbocycles. The van der Waals surface area contributed by atoms with Crippen LogP contribution in [0.2, 0.25) is 5.02 Å². The number of aromatic amines is 1. The number of carbonyl (C=O) groups is 1. The van der Waals surface area contributed by atoms with E-state index in [1.807, 2.05) is 0 Å². The molecule has 0 radical (unpaired) electrons. The van der Waals surface area contributed by atoms with Gasteiger partial charge in [0.05, 0.1) is 5.56 Å². The van der Waals surface area contributed by atoms with Gasteiger partial charge in [-0.25, -0.2) is 0 Å². The van der Waals surface area contributed by atoms with Crippen LogP contribution in [0.25, 0.3) is 0 Å². The molecule has 0 unspecified atom stereocenters. The predicted octanol–water partition coefficient (Wildman–Crippen LogP) is 1.35. The van der Waals surface area contributed by atoms with Gasteiger partial charge in [0.15, 0.2) is 0 Å². The van der Waals surface area contributed by atoms with E-state index in [1.165, 1.54) is 12.3 Å². The molecule has 0 aliphatic carbocycles. The average molecular weight is 264 g/mol. The first-order chi connectivity index (χ1) is 8.66. The van der Waals surface area contributed by atoms with Gasteiger partial charge in [0, 0.05) is 25.1 Å². The molecule has 0 fully saturated rings. The molecule has 5 nitrogen and oxygen atoms in total. The highest BCUT2D eigenvalue weighted by Crippen LogP contribution is 2.04. The number of H-pyrrole nitrogens is 1. The third-order valence-electron chi connectivity index (χ3n) is 2.32. The second-order valence-corrected chi connectivity index (χ2v) is 4.01. The maximum atomic E-state index is 11.8. The van der Waals surface area contributed by atoms with Crippen molar-refractivity contribution < 1.29 is 4.79 Å². The Balaban J connectivity index is 2.04. The van der Waals surface area contributed by atoms with Gasteiger partial charge >= 0.3 is 0 Å². The van der Waals surface area contributed by atoms with Crippen LogP contribution in [0.4, 0.5) is 0 Å². The summed E-state index contributed by atoms with van der Waals surface area (Å²) in [5.74, 6) is -0.301. The monoisotopic (exact) mass is 263 g/mol. The quantitative estimate of drug-likeness (QED) is 0.878. The van der Waals surface area contributed by atoms with E-state index in [0.29, 0.717) is 12.1 Å². The van der Waals surface area contributed by atoms with Crippen molar-refractivity contribution in [1.29, 1.82) is 0 Å². The van der Waals surface area contributed by atoms with Gasteiger partial charge < -0.3 is 10.3 Å². The predicted molar refractivity (Wildman–Crippen MR) is 67.5 cm³/mol. The summed E-state index contributed by atoms with van der Waals surface area (Å²) >= 11 is 5.64. The summed E-state index contributed by atoms with van der Waals surface area (Å²) in [6.45, 7) is 0.387. The van der Waals surface area contributed by atoms with Crippen LogP contribution in [0.15, 0.2) is 41.6 Å². The molecule has 18 heavy (non-hydrogen) atoms. The van der Waals surface area contributed by atoms with Gasteiger partial charge in [-0.2, -0.15) is 0 Å².